The SMILES string of the molecule is CC[C@H](C)C[C@H](C)/C=C/C(=O)O[C@H](CC(=O)OCCC[C@@H](OC(=O)C(F)(F)F)[C@H](C)Cc1ccccc1)C(=O)O[C@@H](C(=O)O)[C@@H](O)C(=O)O. The van der Waals surface area contributed by atoms with Gasteiger partial charge in [0.15, 0.2) is 6.10 Å². The number of aliphatic hydroxyl groups is 1. The molecule has 0 spiro atoms. The fourth-order valence-corrected chi connectivity index (χ4v) is 4.52. The molecule has 1 aromatic carbocycles. The second kappa shape index (κ2) is 20.8. The maximum absolute atomic E-state index is 12.9. The topological polar surface area (TPSA) is 200 Å². The summed E-state index contributed by atoms with van der Waals surface area (Å²) in [7, 11) is 0. The minimum absolute atomic E-state index is 0.0883. The van der Waals surface area contributed by atoms with Crippen LogP contribution in [0.15, 0.2) is 42.5 Å². The van der Waals surface area contributed by atoms with Crippen LogP contribution in [0.25, 0.3) is 0 Å². The van der Waals surface area contributed by atoms with Crippen LogP contribution in [-0.2, 0) is 54.1 Å². The number of aliphatic carboxylic acids is 2. The van der Waals surface area contributed by atoms with Crippen molar-refractivity contribution in [1.29, 1.82) is 0 Å². The molecule has 13 nitrogen and oxygen atoms in total. The number of hydrogen-bond donors (Lipinski definition) is 3. The van der Waals surface area contributed by atoms with Gasteiger partial charge in [0.25, 0.3) is 0 Å². The predicted molar refractivity (Wildman–Crippen MR) is 163 cm³/mol. The van der Waals surface area contributed by atoms with Gasteiger partial charge in [0.1, 0.15) is 6.10 Å². The van der Waals surface area contributed by atoms with E-state index in [2.05, 4.69) is 4.74 Å². The number of allylic oxidation sites excluding steroid dienone is 1. The lowest BCUT2D eigenvalue weighted by Gasteiger charge is -2.25. The standard InChI is InChI=1S/C33H43F3O13/c1-5-19(2)16-20(3)13-14-25(37)47-24(31(44)49-28(30(42)43)27(39)29(40)41)18-26(38)46-15-9-12-23(48-32(45)33(34,35)36)21(4)17-22-10-7-6-8-11-22/h6-8,10-11,13-14,19-21,23-24,27-28,39H,5,9,12,15-18H2,1-4H3,(H,40,41)(H,42,43)/b14-13+/t19-,20+,21+,23+,24+,27+,28+/m0/s1. The number of carbonyl (C=O) groups excluding carboxylic acids is 4. The molecule has 0 unspecified atom stereocenters. The fraction of sp³-hybridized carbons (Fsp3) is 0.576. The molecule has 0 saturated heterocycles. The fourth-order valence-electron chi connectivity index (χ4n) is 4.52. The lowest BCUT2D eigenvalue weighted by atomic mass is 9.93. The van der Waals surface area contributed by atoms with Gasteiger partial charge in [-0.2, -0.15) is 13.2 Å². The highest BCUT2D eigenvalue weighted by molar-refractivity contribution is 5.90. The first-order valence-electron chi connectivity index (χ1n) is 15.6. The Morgan fingerprint density at radius 3 is 2.10 bits per heavy atom. The number of ether oxygens (including phenoxy) is 4. The number of benzene rings is 1. The highest BCUT2D eigenvalue weighted by Gasteiger charge is 2.43. The molecule has 0 aromatic heterocycles. The van der Waals surface area contributed by atoms with Crippen molar-refractivity contribution in [2.75, 3.05) is 6.61 Å². The number of esters is 4. The van der Waals surface area contributed by atoms with Crippen molar-refractivity contribution >= 4 is 35.8 Å². The van der Waals surface area contributed by atoms with Crippen molar-refractivity contribution in [2.45, 2.75) is 96.8 Å². The van der Waals surface area contributed by atoms with E-state index in [1.807, 2.05) is 20.8 Å². The van der Waals surface area contributed by atoms with Gasteiger partial charge in [-0.25, -0.2) is 24.0 Å². The maximum atomic E-state index is 12.9. The molecule has 0 heterocycles. The zero-order valence-electron chi connectivity index (χ0n) is 27.6. The number of carboxylic acid groups (broad SMARTS) is 2. The van der Waals surface area contributed by atoms with E-state index < -0.39 is 85.4 Å². The number of rotatable bonds is 21. The number of halogens is 3. The summed E-state index contributed by atoms with van der Waals surface area (Å²) < 4.78 is 58.1. The largest absolute Gasteiger partial charge is 0.490 e. The highest BCUT2D eigenvalue weighted by Crippen LogP contribution is 2.24. The van der Waals surface area contributed by atoms with E-state index in [0.29, 0.717) is 12.3 Å². The van der Waals surface area contributed by atoms with E-state index >= 15 is 0 Å². The van der Waals surface area contributed by atoms with Gasteiger partial charge in [-0.3, -0.25) is 4.79 Å². The van der Waals surface area contributed by atoms with Crippen LogP contribution in [0.5, 0.6) is 0 Å². The van der Waals surface area contributed by atoms with Crippen molar-refractivity contribution in [1.82, 2.24) is 0 Å². The molecular formula is C33H43F3O13. The molecule has 0 aliphatic heterocycles. The first-order chi connectivity index (χ1) is 22.8. The van der Waals surface area contributed by atoms with Gasteiger partial charge in [-0.1, -0.05) is 70.5 Å². The molecule has 0 aliphatic carbocycles. The van der Waals surface area contributed by atoms with Gasteiger partial charge in [0.2, 0.25) is 12.2 Å². The van der Waals surface area contributed by atoms with Crippen LogP contribution >= 0.6 is 0 Å². The third-order valence-corrected chi connectivity index (χ3v) is 7.35. The van der Waals surface area contributed by atoms with E-state index in [-0.39, 0.29) is 25.2 Å². The molecule has 1 aromatic rings. The average Bonchev–Trinajstić information content (AvgIpc) is 3.02. The Labute approximate surface area is 281 Å². The van der Waals surface area contributed by atoms with E-state index in [1.165, 1.54) is 6.08 Å². The maximum Gasteiger partial charge on any atom is 0.490 e. The van der Waals surface area contributed by atoms with Crippen LogP contribution in [0.3, 0.4) is 0 Å². The third-order valence-electron chi connectivity index (χ3n) is 7.35. The molecule has 0 saturated carbocycles. The Morgan fingerprint density at radius 1 is 0.918 bits per heavy atom. The smallest absolute Gasteiger partial charge is 0.479 e. The predicted octanol–water partition coefficient (Wildman–Crippen LogP) is 4.04. The molecule has 0 amide bonds. The third kappa shape index (κ3) is 16.5. The summed E-state index contributed by atoms with van der Waals surface area (Å²) in [6.07, 6.45) is -10.9. The van der Waals surface area contributed by atoms with Crippen LogP contribution in [0.2, 0.25) is 0 Å². The van der Waals surface area contributed by atoms with E-state index in [4.69, 9.17) is 19.3 Å². The molecular weight excluding hydrogens is 661 g/mol. The molecule has 49 heavy (non-hydrogen) atoms. The zero-order chi connectivity index (χ0) is 37.3. The molecule has 7 atom stereocenters. The Bertz CT molecular complexity index is 1280. The first-order valence-corrected chi connectivity index (χ1v) is 15.6. The minimum atomic E-state index is -5.24. The lowest BCUT2D eigenvalue weighted by Crippen LogP contribution is -2.45. The molecule has 0 aliphatic rings. The highest BCUT2D eigenvalue weighted by atomic mass is 19.4. The van der Waals surface area contributed by atoms with Gasteiger partial charge in [0.05, 0.1) is 13.0 Å². The second-order valence-corrected chi connectivity index (χ2v) is 11.7. The van der Waals surface area contributed by atoms with Crippen LogP contribution in [0, 0.1) is 17.8 Å². The van der Waals surface area contributed by atoms with Gasteiger partial charge in [-0.05, 0) is 49.0 Å². The van der Waals surface area contributed by atoms with Crippen molar-refractivity contribution in [2.24, 2.45) is 17.8 Å². The summed E-state index contributed by atoms with van der Waals surface area (Å²) in [5, 5.41) is 27.8. The van der Waals surface area contributed by atoms with E-state index in [1.54, 1.807) is 37.3 Å². The number of carbonyl (C=O) groups is 6. The Hall–Kier alpha value is -4.47. The zero-order valence-corrected chi connectivity index (χ0v) is 27.6. The summed E-state index contributed by atoms with van der Waals surface area (Å²) >= 11 is 0. The molecule has 3 N–H and O–H groups in total. The Balaban J connectivity index is 2.99. The van der Waals surface area contributed by atoms with Crippen molar-refractivity contribution in [3.05, 3.63) is 48.0 Å². The number of carboxylic acids is 2. The number of aliphatic hydroxyl groups excluding tert-OH is 1. The van der Waals surface area contributed by atoms with Crippen molar-refractivity contribution < 1.29 is 76.2 Å². The number of alkyl halides is 3. The van der Waals surface area contributed by atoms with Gasteiger partial charge in [0, 0.05) is 6.08 Å². The normalized spacial score (nSPS) is 15.9. The van der Waals surface area contributed by atoms with Crippen LogP contribution in [0.1, 0.15) is 65.4 Å². The van der Waals surface area contributed by atoms with E-state index in [9.17, 15) is 52.2 Å². The van der Waals surface area contributed by atoms with Crippen LogP contribution in [-0.4, -0.2) is 88.3 Å². The van der Waals surface area contributed by atoms with E-state index in [0.717, 1.165) is 18.1 Å². The summed E-state index contributed by atoms with van der Waals surface area (Å²) in [5.41, 5.74) is 0.780. The monoisotopic (exact) mass is 704 g/mol. The first kappa shape index (κ1) is 42.6. The molecule has 0 bridgehead atoms. The molecule has 274 valence electrons. The summed E-state index contributed by atoms with van der Waals surface area (Å²) in [5.74, 6) is -10.8. The Kier molecular flexibility index (Phi) is 18.1. The van der Waals surface area contributed by atoms with Crippen molar-refractivity contribution in [3.63, 3.8) is 0 Å². The number of hydrogen-bond acceptors (Lipinski definition) is 11. The second-order valence-electron chi connectivity index (χ2n) is 11.7. The quantitative estimate of drug-likeness (QED) is 0.0718. The average molecular weight is 705 g/mol. The molecule has 1 rings (SSSR count). The molecule has 0 radical (unpaired) electrons. The lowest BCUT2D eigenvalue weighted by molar-refractivity contribution is -0.207. The van der Waals surface area contributed by atoms with Gasteiger partial charge >= 0.3 is 42.0 Å². The van der Waals surface area contributed by atoms with Crippen LogP contribution < -0.4 is 0 Å². The Morgan fingerprint density at radius 2 is 1.55 bits per heavy atom. The van der Waals surface area contributed by atoms with Gasteiger partial charge in [-0.15, -0.1) is 0 Å². The van der Waals surface area contributed by atoms with Gasteiger partial charge < -0.3 is 34.3 Å². The summed E-state index contributed by atoms with van der Waals surface area (Å²) in [6.45, 7) is 6.97. The van der Waals surface area contributed by atoms with Crippen molar-refractivity contribution in [3.8, 4) is 0 Å². The molecule has 16 heteroatoms. The minimum Gasteiger partial charge on any atom is -0.479 e. The molecule has 0 fully saturated rings. The van der Waals surface area contributed by atoms with Crippen LogP contribution in [0.4, 0.5) is 13.2 Å². The summed E-state index contributed by atoms with van der Waals surface area (Å²) in [6, 6.07) is 8.73. The summed E-state index contributed by atoms with van der Waals surface area (Å²) in [4.78, 5) is 72.0.